The number of anilines is 1. The number of fused-ring (bicyclic) bond motifs is 1. The van der Waals surface area contributed by atoms with Gasteiger partial charge in [0, 0.05) is 5.69 Å². The van der Waals surface area contributed by atoms with Gasteiger partial charge in [-0.05, 0) is 18.2 Å². The molecule has 1 aromatic carbocycles. The molecule has 6 nitrogen and oxygen atoms in total. The molecule has 0 aliphatic carbocycles. The Labute approximate surface area is 80.4 Å². The molecule has 0 unspecified atom stereocenters. The molecule has 2 rings (SSSR count). The summed E-state index contributed by atoms with van der Waals surface area (Å²) >= 11 is 0. The quantitative estimate of drug-likeness (QED) is 0.662. The summed E-state index contributed by atoms with van der Waals surface area (Å²) in [6, 6.07) is 4.79. The molecule has 0 aliphatic heterocycles. The third kappa shape index (κ3) is 1.31. The highest BCUT2D eigenvalue weighted by atomic mass is 32.2. The number of rotatable bonds is 1. The molecule has 1 heterocycles. The summed E-state index contributed by atoms with van der Waals surface area (Å²) in [6.45, 7) is 0. The summed E-state index contributed by atoms with van der Waals surface area (Å²) in [5.41, 5.74) is 6.91. The number of nitrogen functional groups attached to an aromatic ring is 1. The Morgan fingerprint density at radius 1 is 1.43 bits per heavy atom. The van der Waals surface area contributed by atoms with Crippen LogP contribution in [-0.2, 0) is 10.0 Å². The van der Waals surface area contributed by atoms with Crippen LogP contribution in [0.1, 0.15) is 0 Å². The number of hydrogen-bond donors (Lipinski definition) is 1. The van der Waals surface area contributed by atoms with Crippen molar-refractivity contribution in [2.24, 2.45) is 0 Å². The van der Waals surface area contributed by atoms with E-state index in [-0.39, 0.29) is 0 Å². The number of hydrogen-bond acceptors (Lipinski definition) is 5. The van der Waals surface area contributed by atoms with Crippen LogP contribution in [-0.4, -0.2) is 29.1 Å². The highest BCUT2D eigenvalue weighted by Gasteiger charge is 2.12. The van der Waals surface area contributed by atoms with Crippen LogP contribution in [0, 0.1) is 0 Å². The van der Waals surface area contributed by atoms with E-state index in [4.69, 9.17) is 5.73 Å². The van der Waals surface area contributed by atoms with Crippen LogP contribution in [0.3, 0.4) is 0 Å². The Morgan fingerprint density at radius 3 is 2.79 bits per heavy atom. The van der Waals surface area contributed by atoms with Gasteiger partial charge < -0.3 is 5.73 Å². The maximum atomic E-state index is 11.2. The third-order valence-corrected chi connectivity index (χ3v) is 2.65. The van der Waals surface area contributed by atoms with Gasteiger partial charge in [0.25, 0.3) is 10.0 Å². The van der Waals surface area contributed by atoms with Crippen LogP contribution < -0.4 is 5.73 Å². The molecule has 0 fully saturated rings. The average molecular weight is 212 g/mol. The van der Waals surface area contributed by atoms with E-state index in [9.17, 15) is 8.42 Å². The fourth-order valence-electron chi connectivity index (χ4n) is 1.16. The third-order valence-electron chi connectivity index (χ3n) is 1.75. The van der Waals surface area contributed by atoms with Gasteiger partial charge >= 0.3 is 0 Å². The molecule has 1 aromatic heterocycles. The highest BCUT2D eigenvalue weighted by Crippen LogP contribution is 2.15. The minimum Gasteiger partial charge on any atom is -0.399 e. The van der Waals surface area contributed by atoms with Crippen LogP contribution in [0.4, 0.5) is 5.69 Å². The molecule has 14 heavy (non-hydrogen) atoms. The molecular weight excluding hydrogens is 204 g/mol. The van der Waals surface area contributed by atoms with E-state index >= 15 is 0 Å². The van der Waals surface area contributed by atoms with Gasteiger partial charge in [0.15, 0.2) is 0 Å². The lowest BCUT2D eigenvalue weighted by molar-refractivity contribution is 0.586. The first-order valence-electron chi connectivity index (χ1n) is 3.80. The zero-order valence-corrected chi connectivity index (χ0v) is 8.19. The van der Waals surface area contributed by atoms with E-state index in [0.29, 0.717) is 16.7 Å². The molecule has 2 aromatic rings. The second-order valence-electron chi connectivity index (χ2n) is 2.94. The Bertz CT molecular complexity index is 587. The van der Waals surface area contributed by atoms with Crippen molar-refractivity contribution in [1.29, 1.82) is 0 Å². The molecule has 0 spiro atoms. The maximum Gasteiger partial charge on any atom is 0.252 e. The monoisotopic (exact) mass is 212 g/mol. The van der Waals surface area contributed by atoms with E-state index in [0.717, 1.165) is 10.3 Å². The fraction of sp³-hybridized carbons (Fsp3) is 0.143. The molecule has 0 saturated heterocycles. The zero-order chi connectivity index (χ0) is 10.3. The van der Waals surface area contributed by atoms with Crippen molar-refractivity contribution < 1.29 is 8.42 Å². The lowest BCUT2D eigenvalue weighted by atomic mass is 10.3. The Kier molecular flexibility index (Phi) is 1.71. The molecule has 0 amide bonds. The lowest BCUT2D eigenvalue weighted by Gasteiger charge is -1.97. The lowest BCUT2D eigenvalue weighted by Crippen LogP contribution is -2.11. The van der Waals surface area contributed by atoms with Gasteiger partial charge in [-0.25, -0.2) is 8.42 Å². The topological polar surface area (TPSA) is 90.9 Å². The van der Waals surface area contributed by atoms with Gasteiger partial charge in [0.2, 0.25) is 0 Å². The fourth-order valence-corrected chi connectivity index (χ4v) is 1.83. The number of benzene rings is 1. The summed E-state index contributed by atoms with van der Waals surface area (Å²) in [7, 11) is -3.42. The summed E-state index contributed by atoms with van der Waals surface area (Å²) < 4.78 is 23.3. The number of aromatic nitrogens is 3. The first-order valence-corrected chi connectivity index (χ1v) is 5.65. The predicted octanol–water partition coefficient (Wildman–Crippen LogP) is -0.179. The van der Waals surface area contributed by atoms with Crippen LogP contribution in [0.5, 0.6) is 0 Å². The van der Waals surface area contributed by atoms with Crippen LogP contribution in [0.2, 0.25) is 0 Å². The largest absolute Gasteiger partial charge is 0.399 e. The zero-order valence-electron chi connectivity index (χ0n) is 7.38. The molecular formula is C7H8N4O2S. The molecule has 7 heteroatoms. The van der Waals surface area contributed by atoms with Gasteiger partial charge in [-0.1, -0.05) is 5.21 Å². The highest BCUT2D eigenvalue weighted by molar-refractivity contribution is 7.89. The number of nitrogens with zero attached hydrogens (tertiary/aromatic N) is 3. The van der Waals surface area contributed by atoms with Crippen molar-refractivity contribution in [3.8, 4) is 0 Å². The predicted molar refractivity (Wildman–Crippen MR) is 52.2 cm³/mol. The molecule has 2 N–H and O–H groups in total. The van der Waals surface area contributed by atoms with Gasteiger partial charge in [-0.3, -0.25) is 0 Å². The number of nitrogens with two attached hydrogens (primary N) is 1. The van der Waals surface area contributed by atoms with E-state index in [2.05, 4.69) is 10.3 Å². The van der Waals surface area contributed by atoms with Gasteiger partial charge in [0.1, 0.15) is 11.0 Å². The Hall–Kier alpha value is -1.63. The molecule has 74 valence electrons. The minimum absolute atomic E-state index is 0.396. The van der Waals surface area contributed by atoms with Gasteiger partial charge in [-0.15, -0.1) is 9.19 Å². The van der Waals surface area contributed by atoms with Crippen molar-refractivity contribution in [3.63, 3.8) is 0 Å². The molecule has 0 aliphatic rings. The van der Waals surface area contributed by atoms with Crippen molar-refractivity contribution >= 4 is 26.7 Å². The second-order valence-corrected chi connectivity index (χ2v) is 4.76. The Morgan fingerprint density at radius 2 is 2.14 bits per heavy atom. The standard InChI is InChI=1S/C7H8N4O2S/c1-14(12,13)11-7-4-5(8)2-3-6(7)9-10-11/h2-4H,8H2,1H3. The average Bonchev–Trinajstić information content (AvgIpc) is 2.45. The van der Waals surface area contributed by atoms with E-state index in [1.54, 1.807) is 12.1 Å². The van der Waals surface area contributed by atoms with Gasteiger partial charge in [0.05, 0.1) is 6.26 Å². The molecule has 0 radical (unpaired) electrons. The van der Waals surface area contributed by atoms with Crippen LogP contribution in [0.15, 0.2) is 18.2 Å². The molecule has 0 bridgehead atoms. The van der Waals surface area contributed by atoms with E-state index in [1.165, 1.54) is 6.07 Å². The Balaban J connectivity index is 2.87. The first kappa shape index (κ1) is 8.95. The first-order chi connectivity index (χ1) is 6.48. The summed E-state index contributed by atoms with van der Waals surface area (Å²) in [5, 5.41) is 7.24. The SMILES string of the molecule is CS(=O)(=O)n1nnc2ccc(N)cc21. The van der Waals surface area contributed by atoms with E-state index < -0.39 is 10.0 Å². The van der Waals surface area contributed by atoms with Gasteiger partial charge in [-0.2, -0.15) is 0 Å². The summed E-state index contributed by atoms with van der Waals surface area (Å²) in [5.74, 6) is 0. The maximum absolute atomic E-state index is 11.2. The van der Waals surface area contributed by atoms with Crippen LogP contribution in [0.25, 0.3) is 11.0 Å². The van der Waals surface area contributed by atoms with Crippen molar-refractivity contribution in [3.05, 3.63) is 18.2 Å². The summed E-state index contributed by atoms with van der Waals surface area (Å²) in [4.78, 5) is 0. The normalized spacial score (nSPS) is 12.1. The smallest absolute Gasteiger partial charge is 0.252 e. The molecule has 0 saturated carbocycles. The second kappa shape index (κ2) is 2.68. The molecule has 0 atom stereocenters. The van der Waals surface area contributed by atoms with E-state index in [1.807, 2.05) is 0 Å². The van der Waals surface area contributed by atoms with Crippen molar-refractivity contribution in [1.82, 2.24) is 14.4 Å². The van der Waals surface area contributed by atoms with Crippen molar-refractivity contribution in [2.75, 3.05) is 12.0 Å². The van der Waals surface area contributed by atoms with Crippen molar-refractivity contribution in [2.45, 2.75) is 0 Å². The minimum atomic E-state index is -3.42. The van der Waals surface area contributed by atoms with Crippen LogP contribution >= 0.6 is 0 Å². The summed E-state index contributed by atoms with van der Waals surface area (Å²) in [6.07, 6.45) is 1.06.